The van der Waals surface area contributed by atoms with Gasteiger partial charge in [0.15, 0.2) is 10.2 Å². The van der Waals surface area contributed by atoms with Crippen molar-refractivity contribution < 1.29 is 9.21 Å². The fourth-order valence-corrected chi connectivity index (χ4v) is 6.61. The summed E-state index contributed by atoms with van der Waals surface area (Å²) in [5.41, 5.74) is 4.06. The molecular weight excluding hydrogens is 560 g/mol. The van der Waals surface area contributed by atoms with Gasteiger partial charge in [0.2, 0.25) is 0 Å². The number of rotatable bonds is 6. The molecule has 0 spiro atoms. The fraction of sp³-hybridized carbons (Fsp3) is 0.231. The zero-order valence-corrected chi connectivity index (χ0v) is 22.9. The van der Waals surface area contributed by atoms with Crippen LogP contribution in [0.5, 0.6) is 0 Å². The van der Waals surface area contributed by atoms with Gasteiger partial charge in [0, 0.05) is 28.4 Å². The van der Waals surface area contributed by atoms with E-state index in [2.05, 4.69) is 36.2 Å². The number of carbonyl (C=O) groups excluding carboxylic acids is 1. The summed E-state index contributed by atoms with van der Waals surface area (Å²) in [5.74, 6) is 0.382. The number of H-pyrrole nitrogens is 1. The number of furan rings is 1. The average Bonchev–Trinajstić information content (AvgIpc) is 3.38. The molecule has 0 radical (unpaired) electrons. The monoisotopic (exact) mass is 582 g/mol. The van der Waals surface area contributed by atoms with Crippen LogP contribution in [-0.2, 0) is 12.8 Å². The second-order valence-electron chi connectivity index (χ2n) is 8.55. The molecule has 2 N–H and O–H groups in total. The maximum atomic E-state index is 13.3. The van der Waals surface area contributed by atoms with Crippen LogP contribution in [0.15, 0.2) is 65.3 Å². The molecular formula is C26H23BrN4O3S2. The van der Waals surface area contributed by atoms with Crippen LogP contribution < -0.4 is 10.9 Å². The number of aliphatic imine (C=N–C) groups is 1. The van der Waals surface area contributed by atoms with Crippen molar-refractivity contribution in [3.8, 4) is 0 Å². The smallest absolute Gasteiger partial charge is 0.259 e. The quantitative estimate of drug-likeness (QED) is 0.191. The normalized spacial score (nSPS) is 13.2. The lowest BCUT2D eigenvalue weighted by atomic mass is 9.95. The van der Waals surface area contributed by atoms with Gasteiger partial charge in [-0.05, 0) is 84.9 Å². The maximum Gasteiger partial charge on any atom is 0.259 e. The number of nitrogens with zero attached hydrogens (tertiary/aromatic N) is 2. The van der Waals surface area contributed by atoms with Gasteiger partial charge in [-0.2, -0.15) is 0 Å². The molecule has 3 heterocycles. The number of halogens is 1. The highest BCUT2D eigenvalue weighted by molar-refractivity contribution is 9.10. The lowest BCUT2D eigenvalue weighted by Gasteiger charge is -2.13. The molecule has 0 aliphatic heterocycles. The second kappa shape index (κ2) is 10.6. The predicted molar refractivity (Wildman–Crippen MR) is 147 cm³/mol. The Kier molecular flexibility index (Phi) is 7.27. The lowest BCUT2D eigenvalue weighted by Crippen LogP contribution is -2.14. The molecule has 0 bridgehead atoms. The van der Waals surface area contributed by atoms with Crippen LogP contribution in [0.4, 0.5) is 10.7 Å². The highest BCUT2D eigenvalue weighted by Crippen LogP contribution is 2.40. The van der Waals surface area contributed by atoms with Crippen LogP contribution in [0.1, 0.15) is 50.7 Å². The van der Waals surface area contributed by atoms with Crippen LogP contribution in [0.25, 0.3) is 0 Å². The molecule has 0 unspecified atom stereocenters. The molecule has 1 amide bonds. The molecule has 3 aromatic heterocycles. The number of benzene rings is 1. The Morgan fingerprint density at radius 2 is 2.00 bits per heavy atom. The van der Waals surface area contributed by atoms with Gasteiger partial charge < -0.3 is 14.7 Å². The number of nitrogens with one attached hydrogen (secondary N) is 2. The Morgan fingerprint density at radius 1 is 1.22 bits per heavy atom. The van der Waals surface area contributed by atoms with Crippen LogP contribution in [0, 0.1) is 13.8 Å². The summed E-state index contributed by atoms with van der Waals surface area (Å²) < 4.78 is 6.66. The largest absolute Gasteiger partial charge is 0.447 e. The first-order valence-electron chi connectivity index (χ1n) is 11.5. The first-order valence-corrected chi connectivity index (χ1v) is 13.9. The van der Waals surface area contributed by atoms with Gasteiger partial charge in [-0.15, -0.1) is 11.3 Å². The minimum Gasteiger partial charge on any atom is -0.447 e. The predicted octanol–water partition coefficient (Wildman–Crippen LogP) is 6.84. The molecule has 1 aliphatic carbocycles. The SMILES string of the molecule is Cc1ccc(NC(=O)c2c(N=Cc3cc(Br)c(Sc4nc(C)cc(=O)[nH]4)o3)sc3c2CCCC3)cc1. The van der Waals surface area contributed by atoms with E-state index in [0.717, 1.165) is 47.0 Å². The number of aromatic amines is 1. The number of aryl methyl sites for hydroxylation is 3. The molecule has 4 aromatic rings. The van der Waals surface area contributed by atoms with E-state index in [1.54, 1.807) is 30.5 Å². The van der Waals surface area contributed by atoms with Crippen molar-refractivity contribution in [1.29, 1.82) is 0 Å². The van der Waals surface area contributed by atoms with E-state index < -0.39 is 0 Å². The van der Waals surface area contributed by atoms with Gasteiger partial charge in [-0.3, -0.25) is 9.59 Å². The van der Waals surface area contributed by atoms with Crippen molar-refractivity contribution in [1.82, 2.24) is 9.97 Å². The molecule has 5 rings (SSSR count). The number of aromatic nitrogens is 2. The van der Waals surface area contributed by atoms with Crippen molar-refractivity contribution >= 4 is 61.8 Å². The van der Waals surface area contributed by atoms with Crippen molar-refractivity contribution in [2.24, 2.45) is 4.99 Å². The third kappa shape index (κ3) is 5.55. The average molecular weight is 584 g/mol. The van der Waals surface area contributed by atoms with E-state index in [1.807, 2.05) is 31.2 Å². The number of fused-ring (bicyclic) bond motifs is 1. The highest BCUT2D eigenvalue weighted by Gasteiger charge is 2.25. The van der Waals surface area contributed by atoms with Crippen LogP contribution >= 0.6 is 39.0 Å². The highest BCUT2D eigenvalue weighted by atomic mass is 79.9. The Bertz CT molecular complexity index is 1520. The Labute approximate surface area is 224 Å². The van der Waals surface area contributed by atoms with E-state index in [9.17, 15) is 9.59 Å². The summed E-state index contributed by atoms with van der Waals surface area (Å²) in [6.07, 6.45) is 5.66. The molecule has 0 atom stereocenters. The molecule has 1 aromatic carbocycles. The topological polar surface area (TPSA) is 100 Å². The first kappa shape index (κ1) is 24.7. The summed E-state index contributed by atoms with van der Waals surface area (Å²) in [4.78, 5) is 38.0. The number of carbonyl (C=O) groups is 1. The van der Waals surface area contributed by atoms with Crippen molar-refractivity contribution in [3.63, 3.8) is 0 Å². The van der Waals surface area contributed by atoms with Gasteiger partial charge >= 0.3 is 0 Å². The number of hydrogen-bond donors (Lipinski definition) is 2. The molecule has 0 fully saturated rings. The van der Waals surface area contributed by atoms with E-state index in [0.29, 0.717) is 32.3 Å². The zero-order chi connectivity index (χ0) is 25.2. The maximum absolute atomic E-state index is 13.3. The van der Waals surface area contributed by atoms with Gasteiger partial charge in [-0.25, -0.2) is 9.98 Å². The number of anilines is 1. The van der Waals surface area contributed by atoms with Crippen molar-refractivity contribution in [2.75, 3.05) is 5.32 Å². The molecule has 36 heavy (non-hydrogen) atoms. The molecule has 0 saturated carbocycles. The van der Waals surface area contributed by atoms with Gasteiger partial charge in [0.05, 0.1) is 16.3 Å². The summed E-state index contributed by atoms with van der Waals surface area (Å²) in [6, 6.07) is 11.0. The minimum atomic E-state index is -0.215. The summed E-state index contributed by atoms with van der Waals surface area (Å²) in [6.45, 7) is 3.78. The zero-order valence-electron chi connectivity index (χ0n) is 19.7. The van der Waals surface area contributed by atoms with Crippen LogP contribution in [0.3, 0.4) is 0 Å². The fourth-order valence-electron chi connectivity index (χ4n) is 4.02. The Morgan fingerprint density at radius 3 is 2.78 bits per heavy atom. The van der Waals surface area contributed by atoms with Crippen LogP contribution in [0.2, 0.25) is 0 Å². The van der Waals surface area contributed by atoms with E-state index in [-0.39, 0.29) is 11.5 Å². The van der Waals surface area contributed by atoms with E-state index in [1.165, 1.54) is 22.7 Å². The minimum absolute atomic E-state index is 0.142. The summed E-state index contributed by atoms with van der Waals surface area (Å²) in [7, 11) is 0. The van der Waals surface area contributed by atoms with E-state index in [4.69, 9.17) is 4.42 Å². The molecule has 10 heteroatoms. The third-order valence-corrected chi connectivity index (χ3v) is 8.64. The van der Waals surface area contributed by atoms with Crippen LogP contribution in [-0.4, -0.2) is 22.1 Å². The number of amides is 1. The standard InChI is InChI=1S/C26H23BrN4O3S2/c1-14-7-9-16(10-8-14)30-23(33)22-18-5-3-4-6-20(18)35-24(22)28-13-17-12-19(27)25(34-17)36-26-29-15(2)11-21(32)31-26/h7-13H,3-6H2,1-2H3,(H,30,33)(H,29,31,32). The van der Waals surface area contributed by atoms with Crippen molar-refractivity contribution in [3.05, 3.63) is 84.2 Å². The first-order chi connectivity index (χ1) is 17.4. The molecule has 7 nitrogen and oxygen atoms in total. The molecule has 0 saturated heterocycles. The molecule has 184 valence electrons. The van der Waals surface area contributed by atoms with E-state index >= 15 is 0 Å². The second-order valence-corrected chi connectivity index (χ2v) is 11.4. The lowest BCUT2D eigenvalue weighted by molar-refractivity contribution is 0.102. The Balaban J connectivity index is 1.41. The van der Waals surface area contributed by atoms with Gasteiger partial charge in [-0.1, -0.05) is 17.7 Å². The summed E-state index contributed by atoms with van der Waals surface area (Å²) >= 11 is 6.29. The number of thiophene rings is 1. The van der Waals surface area contributed by atoms with Crippen molar-refractivity contribution in [2.45, 2.75) is 49.8 Å². The number of hydrogen-bond acceptors (Lipinski definition) is 7. The third-order valence-electron chi connectivity index (χ3n) is 5.71. The van der Waals surface area contributed by atoms with Gasteiger partial charge in [0.1, 0.15) is 10.8 Å². The molecule has 1 aliphatic rings. The van der Waals surface area contributed by atoms with Gasteiger partial charge in [0.25, 0.3) is 11.5 Å². The Hall–Kier alpha value is -2.95. The summed E-state index contributed by atoms with van der Waals surface area (Å²) in [5, 5.41) is 4.71.